The second kappa shape index (κ2) is 6.35. The number of alkyl halides is 1. The van der Waals surface area contributed by atoms with E-state index in [9.17, 15) is 4.79 Å². The van der Waals surface area contributed by atoms with Gasteiger partial charge in [-0.05, 0) is 28.4 Å². The van der Waals surface area contributed by atoms with E-state index in [4.69, 9.17) is 0 Å². The summed E-state index contributed by atoms with van der Waals surface area (Å²) in [6.45, 7) is 2.80. The van der Waals surface area contributed by atoms with E-state index in [-0.39, 0.29) is 5.91 Å². The number of aromatic nitrogens is 1. The van der Waals surface area contributed by atoms with E-state index < -0.39 is 0 Å². The van der Waals surface area contributed by atoms with Crippen molar-refractivity contribution in [3.63, 3.8) is 0 Å². The highest BCUT2D eigenvalue weighted by atomic mass is 79.9. The molecule has 1 heterocycles. The summed E-state index contributed by atoms with van der Waals surface area (Å²) in [5.41, 5.74) is 0.610. The summed E-state index contributed by atoms with van der Waals surface area (Å²) >= 11 is 6.76. The molecule has 1 amide bonds. The molecule has 0 radical (unpaired) electrons. The first-order chi connectivity index (χ1) is 7.50. The van der Waals surface area contributed by atoms with Gasteiger partial charge in [0.25, 0.3) is 5.91 Å². The minimum atomic E-state index is 0.00181. The average molecular weight is 350 g/mol. The lowest BCUT2D eigenvalue weighted by molar-refractivity contribution is 0.0793. The third-order valence-electron chi connectivity index (χ3n) is 2.16. The number of nitrogens with zero attached hydrogens (tertiary/aromatic N) is 2. The molecule has 0 aliphatic heterocycles. The van der Waals surface area contributed by atoms with Gasteiger partial charge in [-0.15, -0.1) is 0 Å². The average Bonchev–Trinajstić information content (AvgIpc) is 2.24. The molecule has 1 rings (SSSR count). The van der Waals surface area contributed by atoms with Crippen LogP contribution in [-0.4, -0.2) is 34.2 Å². The van der Waals surface area contributed by atoms with E-state index in [0.717, 1.165) is 17.4 Å². The molecule has 0 fully saturated rings. The number of amides is 1. The van der Waals surface area contributed by atoms with Crippen molar-refractivity contribution in [2.75, 3.05) is 13.6 Å². The molecule has 1 atom stereocenters. The highest BCUT2D eigenvalue weighted by Gasteiger charge is 2.12. The normalized spacial score (nSPS) is 12.2. The van der Waals surface area contributed by atoms with Crippen molar-refractivity contribution in [3.8, 4) is 0 Å². The number of pyridine rings is 1. The lowest BCUT2D eigenvalue weighted by atomic mass is 10.2. The Morgan fingerprint density at radius 3 is 2.81 bits per heavy atom. The highest BCUT2D eigenvalue weighted by molar-refractivity contribution is 9.10. The number of carbonyl (C=O) groups excluding carboxylic acids is 1. The molecule has 0 aromatic carbocycles. The van der Waals surface area contributed by atoms with Gasteiger partial charge in [0, 0.05) is 35.3 Å². The number of rotatable bonds is 4. The van der Waals surface area contributed by atoms with Crippen molar-refractivity contribution in [1.29, 1.82) is 0 Å². The van der Waals surface area contributed by atoms with E-state index >= 15 is 0 Å². The van der Waals surface area contributed by atoms with Crippen LogP contribution >= 0.6 is 31.9 Å². The van der Waals surface area contributed by atoms with Crippen LogP contribution < -0.4 is 0 Å². The van der Waals surface area contributed by atoms with Crippen molar-refractivity contribution < 1.29 is 4.79 Å². The molecule has 1 aromatic rings. The molecule has 0 bridgehead atoms. The van der Waals surface area contributed by atoms with Gasteiger partial charge in [-0.2, -0.15) is 0 Å². The van der Waals surface area contributed by atoms with Gasteiger partial charge in [-0.1, -0.05) is 22.9 Å². The molecule has 0 saturated heterocycles. The van der Waals surface area contributed by atoms with E-state index in [1.807, 2.05) is 0 Å². The molecule has 3 nitrogen and oxygen atoms in total. The molecule has 16 heavy (non-hydrogen) atoms. The fourth-order valence-corrected chi connectivity index (χ4v) is 1.79. The summed E-state index contributed by atoms with van der Waals surface area (Å²) in [5, 5.41) is 0. The second-order valence-corrected chi connectivity index (χ2v) is 6.17. The minimum Gasteiger partial charge on any atom is -0.342 e. The summed E-state index contributed by atoms with van der Waals surface area (Å²) in [4.78, 5) is 18.1. The molecule has 0 N–H and O–H groups in total. The zero-order chi connectivity index (χ0) is 12.1. The Kier molecular flexibility index (Phi) is 5.41. The molecule has 1 unspecified atom stereocenters. The van der Waals surface area contributed by atoms with Gasteiger partial charge in [-0.3, -0.25) is 9.78 Å². The van der Waals surface area contributed by atoms with Crippen molar-refractivity contribution in [2.24, 2.45) is 0 Å². The molecule has 88 valence electrons. The summed E-state index contributed by atoms with van der Waals surface area (Å²) < 4.78 is 0.820. The van der Waals surface area contributed by atoms with Gasteiger partial charge < -0.3 is 4.90 Å². The van der Waals surface area contributed by atoms with Crippen molar-refractivity contribution in [3.05, 3.63) is 28.5 Å². The second-order valence-electron chi connectivity index (χ2n) is 3.69. The highest BCUT2D eigenvalue weighted by Crippen LogP contribution is 2.12. The molecule has 0 aliphatic carbocycles. The summed E-state index contributed by atoms with van der Waals surface area (Å²) in [7, 11) is 1.80. The van der Waals surface area contributed by atoms with Crippen LogP contribution in [0.3, 0.4) is 0 Å². The van der Waals surface area contributed by atoms with E-state index in [2.05, 4.69) is 43.8 Å². The number of hydrogen-bond donors (Lipinski definition) is 0. The third kappa shape index (κ3) is 4.22. The Hall–Kier alpha value is -0.420. The van der Waals surface area contributed by atoms with Gasteiger partial charge >= 0.3 is 0 Å². The van der Waals surface area contributed by atoms with Crippen molar-refractivity contribution in [2.45, 2.75) is 18.2 Å². The van der Waals surface area contributed by atoms with E-state index in [0.29, 0.717) is 10.4 Å². The van der Waals surface area contributed by atoms with Gasteiger partial charge in [0.15, 0.2) is 0 Å². The Morgan fingerprint density at radius 2 is 2.25 bits per heavy atom. The van der Waals surface area contributed by atoms with Gasteiger partial charge in [-0.25, -0.2) is 0 Å². The van der Waals surface area contributed by atoms with E-state index in [1.54, 1.807) is 30.4 Å². The molecular formula is C11H14Br2N2O. The first-order valence-electron chi connectivity index (χ1n) is 5.01. The fraction of sp³-hybridized carbons (Fsp3) is 0.455. The minimum absolute atomic E-state index is 0.00181. The first-order valence-corrected chi connectivity index (χ1v) is 6.71. The van der Waals surface area contributed by atoms with Crippen LogP contribution in [0.2, 0.25) is 0 Å². The number of carbonyl (C=O) groups is 1. The van der Waals surface area contributed by atoms with Crippen LogP contribution in [0.1, 0.15) is 23.7 Å². The molecule has 0 saturated carbocycles. The standard InChI is InChI=1S/C11H14Br2N2O/c1-8(12)3-4-15(2)11(16)9-5-10(13)7-14-6-9/h5-8H,3-4H2,1-2H3. The lowest BCUT2D eigenvalue weighted by Crippen LogP contribution is -2.28. The van der Waals surface area contributed by atoms with Gasteiger partial charge in [0.2, 0.25) is 0 Å². The predicted octanol–water partition coefficient (Wildman–Crippen LogP) is 3.09. The lowest BCUT2D eigenvalue weighted by Gasteiger charge is -2.17. The maximum Gasteiger partial charge on any atom is 0.255 e. The maximum atomic E-state index is 12.0. The van der Waals surface area contributed by atoms with Crippen LogP contribution in [0.5, 0.6) is 0 Å². The predicted molar refractivity (Wildman–Crippen MR) is 71.9 cm³/mol. The Bertz CT molecular complexity index is 369. The Morgan fingerprint density at radius 1 is 1.56 bits per heavy atom. The quantitative estimate of drug-likeness (QED) is 0.782. The molecule has 0 spiro atoms. The number of halogens is 2. The Labute approximate surface area is 112 Å². The largest absolute Gasteiger partial charge is 0.342 e. The zero-order valence-electron chi connectivity index (χ0n) is 9.28. The van der Waals surface area contributed by atoms with Crippen LogP contribution in [0.4, 0.5) is 0 Å². The van der Waals surface area contributed by atoms with Crippen LogP contribution in [0, 0.1) is 0 Å². The van der Waals surface area contributed by atoms with Crippen LogP contribution in [-0.2, 0) is 0 Å². The zero-order valence-corrected chi connectivity index (χ0v) is 12.5. The SMILES string of the molecule is CC(Br)CCN(C)C(=O)c1cncc(Br)c1. The molecular weight excluding hydrogens is 336 g/mol. The van der Waals surface area contributed by atoms with Gasteiger partial charge in [0.1, 0.15) is 0 Å². The van der Waals surface area contributed by atoms with Crippen LogP contribution in [0.25, 0.3) is 0 Å². The molecule has 1 aromatic heterocycles. The summed E-state index contributed by atoms with van der Waals surface area (Å²) in [6, 6.07) is 1.78. The number of hydrogen-bond acceptors (Lipinski definition) is 2. The monoisotopic (exact) mass is 348 g/mol. The van der Waals surface area contributed by atoms with Crippen molar-refractivity contribution in [1.82, 2.24) is 9.88 Å². The topological polar surface area (TPSA) is 33.2 Å². The Balaban J connectivity index is 2.63. The maximum absolute atomic E-state index is 12.0. The third-order valence-corrected chi connectivity index (χ3v) is 3.05. The van der Waals surface area contributed by atoms with E-state index in [1.165, 1.54) is 0 Å². The van der Waals surface area contributed by atoms with Crippen LogP contribution in [0.15, 0.2) is 22.9 Å². The van der Waals surface area contributed by atoms with Gasteiger partial charge in [0.05, 0.1) is 5.56 Å². The molecule has 5 heteroatoms. The summed E-state index contributed by atoms with van der Waals surface area (Å²) in [6.07, 6.45) is 4.18. The van der Waals surface area contributed by atoms with Crippen molar-refractivity contribution >= 4 is 37.8 Å². The molecule has 0 aliphatic rings. The smallest absolute Gasteiger partial charge is 0.255 e. The fourth-order valence-electron chi connectivity index (χ4n) is 1.22. The first kappa shape index (κ1) is 13.6. The summed E-state index contributed by atoms with van der Waals surface area (Å²) in [5.74, 6) is 0.00181.